The van der Waals surface area contributed by atoms with Crippen LogP contribution in [0.3, 0.4) is 0 Å². The molecule has 1 aliphatic heterocycles. The first-order chi connectivity index (χ1) is 11.1. The van der Waals surface area contributed by atoms with Crippen LogP contribution in [-0.2, 0) is 0 Å². The molecule has 0 radical (unpaired) electrons. The minimum Gasteiger partial charge on any atom is -0.348 e. The van der Waals surface area contributed by atoms with E-state index in [4.69, 9.17) is 0 Å². The van der Waals surface area contributed by atoms with Gasteiger partial charge >= 0.3 is 11.2 Å². The molecular weight excluding hydrogens is 298 g/mol. The Morgan fingerprint density at radius 3 is 2.65 bits per heavy atom. The monoisotopic (exact) mass is 317 g/mol. The van der Waals surface area contributed by atoms with Crippen molar-refractivity contribution in [1.29, 1.82) is 0 Å². The van der Waals surface area contributed by atoms with Gasteiger partial charge in [-0.15, -0.1) is 0 Å². The number of pyridine rings is 1. The van der Waals surface area contributed by atoms with Crippen LogP contribution in [0.1, 0.15) is 13.3 Å². The Morgan fingerprint density at radius 2 is 2.00 bits per heavy atom. The summed E-state index contributed by atoms with van der Waals surface area (Å²) in [6.45, 7) is 6.06. The molecule has 0 spiro atoms. The first-order valence-corrected chi connectivity index (χ1v) is 7.75. The summed E-state index contributed by atoms with van der Waals surface area (Å²) in [5, 5.41) is 11.4. The second kappa shape index (κ2) is 6.33. The van der Waals surface area contributed by atoms with E-state index in [0.717, 1.165) is 26.1 Å². The smallest absolute Gasteiger partial charge is 0.348 e. The molecule has 0 atom stereocenters. The molecule has 8 heteroatoms. The lowest BCUT2D eigenvalue weighted by Crippen LogP contribution is -2.47. The van der Waals surface area contributed by atoms with Crippen LogP contribution in [0.25, 0.3) is 5.65 Å². The van der Waals surface area contributed by atoms with Crippen LogP contribution in [0.5, 0.6) is 0 Å². The number of fused-ring (bicyclic) bond motifs is 1. The van der Waals surface area contributed by atoms with E-state index in [1.165, 1.54) is 10.6 Å². The van der Waals surface area contributed by atoms with Crippen molar-refractivity contribution in [3.05, 3.63) is 44.9 Å². The maximum atomic E-state index is 12.4. The van der Waals surface area contributed by atoms with Crippen molar-refractivity contribution in [3.63, 3.8) is 0 Å². The Labute approximate surface area is 133 Å². The Bertz CT molecular complexity index is 780. The molecule has 8 nitrogen and oxygen atoms in total. The van der Waals surface area contributed by atoms with Gasteiger partial charge in [-0.1, -0.05) is 13.0 Å². The predicted molar refractivity (Wildman–Crippen MR) is 87.1 cm³/mol. The highest BCUT2D eigenvalue weighted by Crippen LogP contribution is 2.23. The van der Waals surface area contributed by atoms with E-state index in [2.05, 4.69) is 16.8 Å². The minimum atomic E-state index is -0.633. The van der Waals surface area contributed by atoms with Gasteiger partial charge in [-0.2, -0.15) is 0 Å². The van der Waals surface area contributed by atoms with Gasteiger partial charge in [0.2, 0.25) is 5.82 Å². The zero-order valence-electron chi connectivity index (χ0n) is 13.0. The van der Waals surface area contributed by atoms with Crippen LogP contribution in [0.4, 0.5) is 11.5 Å². The van der Waals surface area contributed by atoms with E-state index in [0.29, 0.717) is 18.7 Å². The van der Waals surface area contributed by atoms with Crippen molar-refractivity contribution in [2.75, 3.05) is 37.6 Å². The molecule has 0 amide bonds. The van der Waals surface area contributed by atoms with E-state index in [1.54, 1.807) is 18.2 Å². The van der Waals surface area contributed by atoms with Crippen LogP contribution >= 0.6 is 0 Å². The Hall–Kier alpha value is -2.48. The van der Waals surface area contributed by atoms with Gasteiger partial charge < -0.3 is 4.90 Å². The zero-order chi connectivity index (χ0) is 16.4. The zero-order valence-corrected chi connectivity index (χ0v) is 13.0. The van der Waals surface area contributed by atoms with Gasteiger partial charge in [0.05, 0.1) is 4.92 Å². The fourth-order valence-electron chi connectivity index (χ4n) is 2.95. The Balaban J connectivity index is 2.02. The first-order valence-electron chi connectivity index (χ1n) is 7.75. The third-order valence-corrected chi connectivity index (χ3v) is 4.09. The lowest BCUT2D eigenvalue weighted by Gasteiger charge is -2.34. The maximum absolute atomic E-state index is 12.4. The number of hydrogen-bond donors (Lipinski definition) is 0. The van der Waals surface area contributed by atoms with Crippen LogP contribution in [0, 0.1) is 10.1 Å². The standard InChI is InChI=1S/C15H19N5O3/c1-2-6-17-8-10-18(11-9-17)14-13(20(22)23)15(21)19-7-4-3-5-12(19)16-14/h3-5,7H,2,6,8-11H2,1H3. The summed E-state index contributed by atoms with van der Waals surface area (Å²) in [6.07, 6.45) is 2.58. The molecule has 3 heterocycles. The minimum absolute atomic E-state index is 0.183. The molecule has 1 aliphatic rings. The van der Waals surface area contributed by atoms with Crippen molar-refractivity contribution >= 4 is 17.2 Å². The number of nitro groups is 1. The third-order valence-electron chi connectivity index (χ3n) is 4.09. The summed E-state index contributed by atoms with van der Waals surface area (Å²) in [5.74, 6) is 0.183. The number of rotatable bonds is 4. The molecule has 0 bridgehead atoms. The van der Waals surface area contributed by atoms with Gasteiger partial charge in [0.15, 0.2) is 0 Å². The Kier molecular flexibility index (Phi) is 4.24. The molecule has 1 saturated heterocycles. The first kappa shape index (κ1) is 15.4. The average Bonchev–Trinajstić information content (AvgIpc) is 2.55. The normalized spacial score (nSPS) is 16.0. The predicted octanol–water partition coefficient (Wildman–Crippen LogP) is 1.13. The molecular formula is C15H19N5O3. The van der Waals surface area contributed by atoms with Crippen molar-refractivity contribution < 1.29 is 4.92 Å². The Morgan fingerprint density at radius 1 is 1.26 bits per heavy atom. The molecule has 2 aromatic heterocycles. The quantitative estimate of drug-likeness (QED) is 0.621. The number of anilines is 1. The number of nitrogens with zero attached hydrogens (tertiary/aromatic N) is 5. The van der Waals surface area contributed by atoms with Gasteiger partial charge in [0.25, 0.3) is 0 Å². The van der Waals surface area contributed by atoms with Crippen molar-refractivity contribution in [2.24, 2.45) is 0 Å². The molecule has 122 valence electrons. The van der Waals surface area contributed by atoms with Gasteiger partial charge in [0.1, 0.15) is 5.65 Å². The second-order valence-electron chi connectivity index (χ2n) is 5.60. The maximum Gasteiger partial charge on any atom is 0.376 e. The van der Waals surface area contributed by atoms with Crippen LogP contribution < -0.4 is 10.5 Å². The summed E-state index contributed by atoms with van der Waals surface area (Å²) in [5.41, 5.74) is -0.654. The summed E-state index contributed by atoms with van der Waals surface area (Å²) in [4.78, 5) is 31.8. The molecule has 1 fully saturated rings. The number of piperazine rings is 1. The summed E-state index contributed by atoms with van der Waals surface area (Å²) < 4.78 is 1.22. The van der Waals surface area contributed by atoms with Gasteiger partial charge in [0, 0.05) is 32.4 Å². The SMILES string of the molecule is CCCN1CCN(c2nc3ccccn3c(=O)c2[N+](=O)[O-])CC1. The number of hydrogen-bond acceptors (Lipinski definition) is 6. The molecule has 0 saturated carbocycles. The van der Waals surface area contributed by atoms with E-state index in [1.807, 2.05) is 4.90 Å². The highest BCUT2D eigenvalue weighted by Gasteiger charge is 2.29. The lowest BCUT2D eigenvalue weighted by atomic mass is 10.2. The lowest BCUT2D eigenvalue weighted by molar-refractivity contribution is -0.385. The molecule has 23 heavy (non-hydrogen) atoms. The summed E-state index contributed by atoms with van der Waals surface area (Å²) in [6, 6.07) is 5.10. The highest BCUT2D eigenvalue weighted by atomic mass is 16.6. The molecule has 0 unspecified atom stereocenters. The van der Waals surface area contributed by atoms with Gasteiger partial charge in [-0.25, -0.2) is 4.98 Å². The molecule has 0 aromatic carbocycles. The van der Waals surface area contributed by atoms with Crippen molar-refractivity contribution in [1.82, 2.24) is 14.3 Å². The van der Waals surface area contributed by atoms with Crippen LogP contribution in [0.2, 0.25) is 0 Å². The van der Waals surface area contributed by atoms with Crippen LogP contribution in [0.15, 0.2) is 29.2 Å². The second-order valence-corrected chi connectivity index (χ2v) is 5.60. The number of aromatic nitrogens is 2. The molecule has 3 rings (SSSR count). The average molecular weight is 317 g/mol. The molecule has 0 aliphatic carbocycles. The van der Waals surface area contributed by atoms with E-state index in [-0.39, 0.29) is 5.82 Å². The van der Waals surface area contributed by atoms with Gasteiger partial charge in [-0.05, 0) is 25.1 Å². The van der Waals surface area contributed by atoms with E-state index in [9.17, 15) is 14.9 Å². The van der Waals surface area contributed by atoms with E-state index < -0.39 is 16.2 Å². The van der Waals surface area contributed by atoms with Gasteiger partial charge in [-0.3, -0.25) is 24.2 Å². The largest absolute Gasteiger partial charge is 0.376 e. The summed E-state index contributed by atoms with van der Waals surface area (Å²) >= 11 is 0. The highest BCUT2D eigenvalue weighted by molar-refractivity contribution is 5.61. The fourth-order valence-corrected chi connectivity index (χ4v) is 2.95. The molecule has 2 aromatic rings. The third kappa shape index (κ3) is 2.89. The van der Waals surface area contributed by atoms with Crippen molar-refractivity contribution in [2.45, 2.75) is 13.3 Å². The summed E-state index contributed by atoms with van der Waals surface area (Å²) in [7, 11) is 0. The fraction of sp³-hybridized carbons (Fsp3) is 0.467. The van der Waals surface area contributed by atoms with Crippen LogP contribution in [-0.4, -0.2) is 51.9 Å². The topological polar surface area (TPSA) is 84.0 Å². The van der Waals surface area contributed by atoms with Crippen molar-refractivity contribution in [3.8, 4) is 0 Å². The van der Waals surface area contributed by atoms with E-state index >= 15 is 0 Å². The molecule has 0 N–H and O–H groups in total.